The molecule has 2 aromatic carbocycles. The number of nitrogens with zero attached hydrogens (tertiary/aromatic N) is 3. The Morgan fingerprint density at radius 1 is 1.14 bits per heavy atom. The number of aliphatic imine (C=N–C) groups is 1. The number of aromatic nitrogens is 1. The maximum atomic E-state index is 9.78. The number of benzene rings is 2. The molecular formula is C28H27Cl2N3O2. The molecule has 0 aliphatic carbocycles. The molecule has 35 heavy (non-hydrogen) atoms. The number of pyridine rings is 1. The van der Waals surface area contributed by atoms with Gasteiger partial charge in [-0.3, -0.25) is 14.9 Å². The number of aliphatic hydroxyl groups excluding tert-OH is 1. The number of aliphatic hydroxyl groups is 1. The van der Waals surface area contributed by atoms with Crippen LogP contribution in [0.4, 0.5) is 0 Å². The number of allylic oxidation sites excluding steroid dienone is 1. The Labute approximate surface area is 215 Å². The second-order valence-electron chi connectivity index (χ2n) is 9.05. The molecule has 5 rings (SSSR count). The van der Waals surface area contributed by atoms with Gasteiger partial charge in [-0.25, -0.2) is 0 Å². The van der Waals surface area contributed by atoms with Gasteiger partial charge in [0.2, 0.25) is 0 Å². The first-order chi connectivity index (χ1) is 17.0. The molecule has 3 heterocycles. The lowest BCUT2D eigenvalue weighted by Crippen LogP contribution is -2.21. The van der Waals surface area contributed by atoms with Crippen molar-refractivity contribution in [1.29, 1.82) is 0 Å². The van der Waals surface area contributed by atoms with Crippen LogP contribution in [0.1, 0.15) is 47.3 Å². The van der Waals surface area contributed by atoms with Gasteiger partial charge in [-0.15, -0.1) is 0 Å². The molecule has 1 N–H and O–H groups in total. The van der Waals surface area contributed by atoms with Crippen LogP contribution < -0.4 is 4.74 Å². The van der Waals surface area contributed by atoms with Crippen LogP contribution in [0.3, 0.4) is 0 Å². The fourth-order valence-corrected chi connectivity index (χ4v) is 5.33. The third-order valence-corrected chi connectivity index (χ3v) is 7.03. The highest BCUT2D eigenvalue weighted by Crippen LogP contribution is 2.33. The SMILES string of the molecule is C[C@@H](Oc1ccc2c(c1)C(/C=C/c1cccc(CN3CCC(O)C3)c1)=NC2)c1c(Cl)cncc1Cl. The lowest BCUT2D eigenvalue weighted by Gasteiger charge is -2.18. The zero-order valence-electron chi connectivity index (χ0n) is 19.5. The Bertz CT molecular complexity index is 1270. The molecule has 7 heteroatoms. The molecule has 0 saturated carbocycles. The van der Waals surface area contributed by atoms with Crippen LogP contribution in [0.15, 0.2) is 65.9 Å². The highest BCUT2D eigenvalue weighted by atomic mass is 35.5. The summed E-state index contributed by atoms with van der Waals surface area (Å²) < 4.78 is 6.19. The van der Waals surface area contributed by atoms with Crippen molar-refractivity contribution >= 4 is 35.0 Å². The molecule has 2 aliphatic rings. The molecule has 1 unspecified atom stereocenters. The van der Waals surface area contributed by atoms with E-state index in [2.05, 4.69) is 52.4 Å². The number of hydrogen-bond acceptors (Lipinski definition) is 5. The topological polar surface area (TPSA) is 58.0 Å². The van der Waals surface area contributed by atoms with E-state index in [1.165, 1.54) is 11.1 Å². The van der Waals surface area contributed by atoms with Crippen molar-refractivity contribution in [3.63, 3.8) is 0 Å². The van der Waals surface area contributed by atoms with Crippen molar-refractivity contribution in [2.45, 2.75) is 38.6 Å². The van der Waals surface area contributed by atoms with Crippen molar-refractivity contribution in [1.82, 2.24) is 9.88 Å². The molecular weight excluding hydrogens is 481 g/mol. The summed E-state index contributed by atoms with van der Waals surface area (Å²) in [7, 11) is 0. The van der Waals surface area contributed by atoms with Crippen LogP contribution in [0.5, 0.6) is 5.75 Å². The molecule has 0 spiro atoms. The summed E-state index contributed by atoms with van der Waals surface area (Å²) in [4.78, 5) is 11.0. The summed E-state index contributed by atoms with van der Waals surface area (Å²) in [5.41, 5.74) is 6.27. The zero-order valence-corrected chi connectivity index (χ0v) is 21.0. The number of rotatable bonds is 7. The van der Waals surface area contributed by atoms with E-state index in [-0.39, 0.29) is 12.2 Å². The number of likely N-dealkylation sites (tertiary alicyclic amines) is 1. The predicted molar refractivity (Wildman–Crippen MR) is 141 cm³/mol. The third-order valence-electron chi connectivity index (χ3n) is 6.43. The molecule has 1 aromatic heterocycles. The number of ether oxygens (including phenoxy) is 1. The second kappa shape index (κ2) is 10.5. The zero-order chi connectivity index (χ0) is 24.4. The normalized spacial score (nSPS) is 18.6. The molecule has 0 radical (unpaired) electrons. The Morgan fingerprint density at radius 3 is 2.74 bits per heavy atom. The van der Waals surface area contributed by atoms with E-state index in [9.17, 15) is 5.11 Å². The minimum Gasteiger partial charge on any atom is -0.486 e. The van der Waals surface area contributed by atoms with Gasteiger partial charge in [0.25, 0.3) is 0 Å². The fraction of sp³-hybridized carbons (Fsp3) is 0.286. The van der Waals surface area contributed by atoms with Gasteiger partial charge in [0, 0.05) is 43.2 Å². The summed E-state index contributed by atoms with van der Waals surface area (Å²) in [6, 6.07) is 14.5. The highest BCUT2D eigenvalue weighted by molar-refractivity contribution is 6.35. The molecule has 0 bridgehead atoms. The second-order valence-corrected chi connectivity index (χ2v) is 9.87. The number of halogens is 2. The third kappa shape index (κ3) is 5.60. The van der Waals surface area contributed by atoms with E-state index in [0.717, 1.165) is 54.2 Å². The molecule has 3 aromatic rings. The van der Waals surface area contributed by atoms with Gasteiger partial charge in [-0.05, 0) is 48.2 Å². The van der Waals surface area contributed by atoms with Gasteiger partial charge in [0.15, 0.2) is 0 Å². The number of hydrogen-bond donors (Lipinski definition) is 1. The van der Waals surface area contributed by atoms with Gasteiger partial charge in [0.05, 0.1) is 28.4 Å². The Hall–Kier alpha value is -2.70. The van der Waals surface area contributed by atoms with Crippen molar-refractivity contribution in [2.24, 2.45) is 4.99 Å². The smallest absolute Gasteiger partial charge is 0.124 e. The van der Waals surface area contributed by atoms with Gasteiger partial charge in [-0.1, -0.05) is 59.6 Å². The first-order valence-electron chi connectivity index (χ1n) is 11.8. The van der Waals surface area contributed by atoms with E-state index in [1.54, 1.807) is 12.4 Å². The monoisotopic (exact) mass is 507 g/mol. The Balaban J connectivity index is 1.29. The van der Waals surface area contributed by atoms with Crippen LogP contribution >= 0.6 is 23.2 Å². The average molecular weight is 508 g/mol. The van der Waals surface area contributed by atoms with Gasteiger partial charge in [-0.2, -0.15) is 0 Å². The standard InChI is InChI=1S/C28H27Cl2N3O2/c1-18(28-25(29)14-31-15-26(28)30)35-23-7-6-21-13-32-27(24(21)12-23)8-5-19-3-2-4-20(11-19)16-33-10-9-22(34)17-33/h2-8,11-12,14-15,18,22,34H,9-10,13,16-17H2,1H3/b8-5+/t18-,22?/m1/s1. The van der Waals surface area contributed by atoms with Crippen LogP contribution in [0.25, 0.3) is 6.08 Å². The molecule has 5 nitrogen and oxygen atoms in total. The van der Waals surface area contributed by atoms with Crippen LogP contribution in [-0.4, -0.2) is 39.9 Å². The summed E-state index contributed by atoms with van der Waals surface area (Å²) in [6.07, 6.45) is 7.64. The van der Waals surface area contributed by atoms with Gasteiger partial charge < -0.3 is 9.84 Å². The molecule has 180 valence electrons. The largest absolute Gasteiger partial charge is 0.486 e. The number of fused-ring (bicyclic) bond motifs is 1. The van der Waals surface area contributed by atoms with Crippen molar-refractivity contribution < 1.29 is 9.84 Å². The minimum absolute atomic E-state index is 0.200. The minimum atomic E-state index is -0.326. The maximum Gasteiger partial charge on any atom is 0.124 e. The molecule has 2 atom stereocenters. The van der Waals surface area contributed by atoms with E-state index in [4.69, 9.17) is 32.9 Å². The maximum absolute atomic E-state index is 9.78. The summed E-state index contributed by atoms with van der Waals surface area (Å²) in [5.74, 6) is 0.734. The Kier molecular flexibility index (Phi) is 7.21. The molecule has 0 amide bonds. The molecule has 1 saturated heterocycles. The molecule has 1 fully saturated rings. The lowest BCUT2D eigenvalue weighted by molar-refractivity contribution is 0.175. The van der Waals surface area contributed by atoms with E-state index < -0.39 is 0 Å². The average Bonchev–Trinajstić information content (AvgIpc) is 3.43. The summed E-state index contributed by atoms with van der Waals surface area (Å²) >= 11 is 12.6. The first-order valence-corrected chi connectivity index (χ1v) is 12.5. The Morgan fingerprint density at radius 2 is 1.97 bits per heavy atom. The van der Waals surface area contributed by atoms with Crippen LogP contribution in [-0.2, 0) is 13.1 Å². The van der Waals surface area contributed by atoms with E-state index in [1.807, 2.05) is 19.1 Å². The highest BCUT2D eigenvalue weighted by Gasteiger charge is 2.20. The lowest BCUT2D eigenvalue weighted by atomic mass is 10.0. The quantitative estimate of drug-likeness (QED) is 0.418. The van der Waals surface area contributed by atoms with Gasteiger partial charge >= 0.3 is 0 Å². The van der Waals surface area contributed by atoms with E-state index >= 15 is 0 Å². The van der Waals surface area contributed by atoms with E-state index in [0.29, 0.717) is 16.6 Å². The van der Waals surface area contributed by atoms with Crippen molar-refractivity contribution in [2.75, 3.05) is 13.1 Å². The number of β-amino-alcohol motifs (C(OH)–C–C–N with tert-alkyl or cyclic N) is 1. The van der Waals surface area contributed by atoms with Crippen molar-refractivity contribution in [3.8, 4) is 5.75 Å². The van der Waals surface area contributed by atoms with Gasteiger partial charge in [0.1, 0.15) is 11.9 Å². The summed E-state index contributed by atoms with van der Waals surface area (Å²) in [5, 5.41) is 10.7. The van der Waals surface area contributed by atoms with Crippen molar-refractivity contribution in [3.05, 3.63) is 98.8 Å². The fourth-order valence-electron chi connectivity index (χ4n) is 4.66. The van der Waals surface area contributed by atoms with Crippen LogP contribution in [0, 0.1) is 0 Å². The first kappa shape index (κ1) is 24.0. The predicted octanol–water partition coefficient (Wildman–Crippen LogP) is 6.11. The summed E-state index contributed by atoms with van der Waals surface area (Å²) in [6.45, 7) is 5.12. The molecule has 2 aliphatic heterocycles. The van der Waals surface area contributed by atoms with Crippen LogP contribution in [0.2, 0.25) is 10.0 Å².